The molecule has 0 saturated heterocycles. The lowest BCUT2D eigenvalue weighted by molar-refractivity contribution is -0.203. The first-order valence-electron chi connectivity index (χ1n) is 12.7. The summed E-state index contributed by atoms with van der Waals surface area (Å²) >= 11 is 7.71. The van der Waals surface area contributed by atoms with Gasteiger partial charge in [0.05, 0.1) is 11.7 Å². The van der Waals surface area contributed by atoms with Crippen molar-refractivity contribution >= 4 is 29.3 Å². The highest BCUT2D eigenvalue weighted by atomic mass is 35.5. The van der Waals surface area contributed by atoms with Crippen LogP contribution in [0, 0.1) is 34.5 Å². The molecule has 4 fully saturated rings. The topological polar surface area (TPSA) is 66.8 Å². The van der Waals surface area contributed by atoms with Gasteiger partial charge in [0.1, 0.15) is 6.61 Å². The maximum absolute atomic E-state index is 12.3. The molecule has 0 aromatic heterocycles. The smallest absolute Gasteiger partial charge is 0.331 e. The fourth-order valence-electron chi connectivity index (χ4n) is 8.81. The van der Waals surface area contributed by atoms with E-state index in [0.717, 1.165) is 42.9 Å². The molecule has 1 unspecified atom stereocenters. The maximum atomic E-state index is 12.3. The third-order valence-corrected chi connectivity index (χ3v) is 12.5. The van der Waals surface area contributed by atoms with Gasteiger partial charge in [-0.05, 0) is 92.4 Å². The van der Waals surface area contributed by atoms with Gasteiger partial charge in [-0.25, -0.2) is 4.79 Å². The highest BCUT2D eigenvalue weighted by molar-refractivity contribution is 7.99. The van der Waals surface area contributed by atoms with Crippen LogP contribution in [0.25, 0.3) is 0 Å². The number of aliphatic hydroxyl groups is 2. The molecule has 0 bridgehead atoms. The van der Waals surface area contributed by atoms with E-state index in [2.05, 4.69) is 13.8 Å². The monoisotopic (exact) mass is 482 g/mol. The van der Waals surface area contributed by atoms with Crippen LogP contribution in [0.15, 0.2) is 11.6 Å². The van der Waals surface area contributed by atoms with Crippen LogP contribution in [0.1, 0.15) is 71.6 Å². The molecule has 4 nitrogen and oxygen atoms in total. The van der Waals surface area contributed by atoms with E-state index < -0.39 is 11.7 Å². The van der Waals surface area contributed by atoms with Crippen molar-refractivity contribution < 1.29 is 19.7 Å². The lowest BCUT2D eigenvalue weighted by atomic mass is 9.43. The van der Waals surface area contributed by atoms with E-state index >= 15 is 0 Å². The predicted octanol–water partition coefficient (Wildman–Crippen LogP) is 4.94. The minimum absolute atomic E-state index is 0.151. The van der Waals surface area contributed by atoms with Crippen molar-refractivity contribution in [1.82, 2.24) is 0 Å². The summed E-state index contributed by atoms with van der Waals surface area (Å²) in [7, 11) is 0. The predicted molar refractivity (Wildman–Crippen MR) is 129 cm³/mol. The zero-order valence-electron chi connectivity index (χ0n) is 19.5. The van der Waals surface area contributed by atoms with Crippen LogP contribution in [0.3, 0.4) is 0 Å². The van der Waals surface area contributed by atoms with Gasteiger partial charge in [-0.1, -0.05) is 13.8 Å². The Kier molecular flexibility index (Phi) is 6.22. The van der Waals surface area contributed by atoms with Crippen LogP contribution in [-0.4, -0.2) is 51.4 Å². The number of ether oxygens (including phenoxy) is 1. The Morgan fingerprint density at radius 3 is 2.69 bits per heavy atom. The van der Waals surface area contributed by atoms with Crippen molar-refractivity contribution in [2.45, 2.75) is 88.6 Å². The van der Waals surface area contributed by atoms with E-state index in [9.17, 15) is 15.0 Å². The van der Waals surface area contributed by atoms with Gasteiger partial charge in [-0.2, -0.15) is 11.8 Å². The molecule has 2 N–H and O–H groups in total. The molecular weight excluding hydrogens is 444 g/mol. The van der Waals surface area contributed by atoms with Crippen LogP contribution < -0.4 is 0 Å². The summed E-state index contributed by atoms with van der Waals surface area (Å²) in [6.45, 7) is 5.24. The Balaban J connectivity index is 1.33. The lowest BCUT2D eigenvalue weighted by Crippen LogP contribution is -2.62. The molecule has 0 radical (unpaired) electrons. The number of carbonyl (C=O) groups excluding carboxylic acids is 1. The molecule has 5 aliphatic rings. The van der Waals surface area contributed by atoms with Crippen molar-refractivity contribution in [3.05, 3.63) is 11.6 Å². The molecule has 9 atom stereocenters. The quantitative estimate of drug-likeness (QED) is 0.429. The van der Waals surface area contributed by atoms with E-state index in [1.165, 1.54) is 32.1 Å². The second kappa shape index (κ2) is 8.46. The summed E-state index contributed by atoms with van der Waals surface area (Å²) < 4.78 is 5.24. The molecule has 32 heavy (non-hydrogen) atoms. The van der Waals surface area contributed by atoms with Gasteiger partial charge in [0.2, 0.25) is 0 Å². The minimum Gasteiger partial charge on any atom is -0.458 e. The third-order valence-electron chi connectivity index (χ3n) is 10.6. The number of fused-ring (bicyclic) bond motifs is 5. The Hall–Kier alpha value is -0.230. The van der Waals surface area contributed by atoms with Crippen LogP contribution in [0.4, 0.5) is 0 Å². The maximum Gasteiger partial charge on any atom is 0.331 e. The zero-order valence-corrected chi connectivity index (χ0v) is 21.1. The number of rotatable bonds is 5. The Morgan fingerprint density at radius 1 is 1.16 bits per heavy atom. The molecule has 0 aromatic carbocycles. The molecule has 0 aromatic rings. The average molecular weight is 483 g/mol. The average Bonchev–Trinajstić information content (AvgIpc) is 3.32. The summed E-state index contributed by atoms with van der Waals surface area (Å²) in [4.78, 5) is 11.7. The van der Waals surface area contributed by atoms with Gasteiger partial charge in [0.25, 0.3) is 0 Å². The van der Waals surface area contributed by atoms with Gasteiger partial charge < -0.3 is 14.9 Å². The van der Waals surface area contributed by atoms with Gasteiger partial charge in [0, 0.05) is 28.4 Å². The number of thioether (sulfide) groups is 1. The van der Waals surface area contributed by atoms with E-state index in [4.69, 9.17) is 16.3 Å². The normalized spacial score (nSPS) is 49.0. The summed E-state index contributed by atoms with van der Waals surface area (Å²) in [5, 5.41) is 22.8. The van der Waals surface area contributed by atoms with Crippen molar-refractivity contribution in [3.8, 4) is 0 Å². The molecule has 6 heteroatoms. The number of alkyl halides is 1. The van der Waals surface area contributed by atoms with Gasteiger partial charge >= 0.3 is 5.97 Å². The van der Waals surface area contributed by atoms with Gasteiger partial charge in [-0.3, -0.25) is 0 Å². The molecule has 1 heterocycles. The number of esters is 1. The van der Waals surface area contributed by atoms with Gasteiger partial charge in [-0.15, -0.1) is 11.6 Å². The highest BCUT2D eigenvalue weighted by Crippen LogP contribution is 2.70. The molecule has 0 spiro atoms. The number of carbonyl (C=O) groups is 1. The van der Waals surface area contributed by atoms with Gasteiger partial charge in [0.15, 0.2) is 0 Å². The standard InChI is InChI=1S/C26H39ClO4S/c1-24-8-5-19(32-15-18(28)13-27)12-17(24)3-4-22-21(24)6-9-25(2)20(7-10-26(22,25)30)16-11-23(29)31-14-16/h11,17-22,28,30H,3-10,12-15H2,1-2H3/t17-,18?,19+,20-,21+,22-,24+,25-,26+/m1/s1. The Bertz CT molecular complexity index is 788. The Labute approximate surface area is 201 Å². The number of hydrogen-bond acceptors (Lipinski definition) is 5. The van der Waals surface area contributed by atoms with Crippen molar-refractivity contribution in [1.29, 1.82) is 0 Å². The fourth-order valence-corrected chi connectivity index (χ4v) is 10.3. The first-order chi connectivity index (χ1) is 15.2. The molecular formula is C26H39ClO4S. The second-order valence-corrected chi connectivity index (χ2v) is 13.5. The number of halogens is 1. The first-order valence-corrected chi connectivity index (χ1v) is 14.2. The molecule has 4 aliphatic carbocycles. The molecule has 4 saturated carbocycles. The minimum atomic E-state index is -0.628. The number of aliphatic hydroxyl groups excluding tert-OH is 1. The Morgan fingerprint density at radius 2 is 1.97 bits per heavy atom. The zero-order chi connectivity index (χ0) is 22.7. The highest BCUT2D eigenvalue weighted by Gasteiger charge is 2.67. The second-order valence-electron chi connectivity index (χ2n) is 11.8. The first kappa shape index (κ1) is 23.5. The molecule has 0 amide bonds. The largest absolute Gasteiger partial charge is 0.458 e. The van der Waals surface area contributed by atoms with Crippen LogP contribution >= 0.6 is 23.4 Å². The van der Waals surface area contributed by atoms with E-state index in [0.29, 0.717) is 35.0 Å². The molecule has 180 valence electrons. The fraction of sp³-hybridized carbons (Fsp3) is 0.885. The van der Waals surface area contributed by atoms with Crippen molar-refractivity contribution in [3.63, 3.8) is 0 Å². The molecule has 5 rings (SSSR count). The SMILES string of the molecule is C[C@]12CC[C@H](SCC(O)CCl)C[C@H]1CC[C@@H]1[C@@H]2CC[C@]2(C)[C@@H](C3=CC(=O)OC3)CC[C@]12O. The number of hydrogen-bond donors (Lipinski definition) is 2. The van der Waals surface area contributed by atoms with Crippen molar-refractivity contribution in [2.24, 2.45) is 34.5 Å². The van der Waals surface area contributed by atoms with E-state index in [1.54, 1.807) is 6.08 Å². The summed E-state index contributed by atoms with van der Waals surface area (Å²) in [6, 6.07) is 0. The van der Waals surface area contributed by atoms with E-state index in [-0.39, 0.29) is 17.3 Å². The third kappa shape index (κ3) is 3.51. The van der Waals surface area contributed by atoms with Crippen LogP contribution in [0.5, 0.6) is 0 Å². The van der Waals surface area contributed by atoms with Crippen LogP contribution in [-0.2, 0) is 9.53 Å². The molecule has 1 aliphatic heterocycles. The number of cyclic esters (lactones) is 1. The van der Waals surface area contributed by atoms with Crippen molar-refractivity contribution in [2.75, 3.05) is 18.2 Å². The summed E-state index contributed by atoms with van der Waals surface area (Å²) in [5.74, 6) is 2.80. The summed E-state index contributed by atoms with van der Waals surface area (Å²) in [5.41, 5.74) is 0.647. The summed E-state index contributed by atoms with van der Waals surface area (Å²) in [6.07, 6.45) is 11.4. The van der Waals surface area contributed by atoms with E-state index in [1.807, 2.05) is 11.8 Å². The lowest BCUT2D eigenvalue weighted by Gasteiger charge is -2.64. The van der Waals surface area contributed by atoms with Crippen LogP contribution in [0.2, 0.25) is 0 Å².